The van der Waals surface area contributed by atoms with Crippen molar-refractivity contribution in [3.63, 3.8) is 0 Å². The molecule has 0 aliphatic heterocycles. The highest BCUT2D eigenvalue weighted by molar-refractivity contribution is 6.30. The second-order valence-corrected chi connectivity index (χ2v) is 4.89. The van der Waals surface area contributed by atoms with E-state index < -0.39 is 6.04 Å². The second kappa shape index (κ2) is 7.67. The Morgan fingerprint density at radius 1 is 1.14 bits per heavy atom. The summed E-state index contributed by atoms with van der Waals surface area (Å²) in [6, 6.07) is 15.6. The molecule has 0 heterocycles. The SMILES string of the molecule is O=C(COc1ccc(Cl)cc1)NC(CO)c1ccccc1. The quantitative estimate of drug-likeness (QED) is 0.862. The summed E-state index contributed by atoms with van der Waals surface area (Å²) in [5.74, 6) is 0.266. The van der Waals surface area contributed by atoms with Crippen LogP contribution in [0.15, 0.2) is 54.6 Å². The first-order valence-electron chi connectivity index (χ1n) is 6.52. The summed E-state index contributed by atoms with van der Waals surface area (Å²) >= 11 is 5.77. The van der Waals surface area contributed by atoms with E-state index in [9.17, 15) is 9.90 Å². The number of rotatable bonds is 6. The van der Waals surface area contributed by atoms with Crippen LogP contribution in [0.1, 0.15) is 11.6 Å². The summed E-state index contributed by atoms with van der Waals surface area (Å²) in [6.45, 7) is -0.290. The third-order valence-corrected chi connectivity index (χ3v) is 3.16. The highest BCUT2D eigenvalue weighted by Gasteiger charge is 2.13. The zero-order valence-electron chi connectivity index (χ0n) is 11.3. The first-order valence-corrected chi connectivity index (χ1v) is 6.90. The molecular formula is C16H16ClNO3. The van der Waals surface area contributed by atoms with Crippen molar-refractivity contribution in [1.29, 1.82) is 0 Å². The molecular weight excluding hydrogens is 290 g/mol. The van der Waals surface area contributed by atoms with Gasteiger partial charge in [0.05, 0.1) is 12.6 Å². The topological polar surface area (TPSA) is 58.6 Å². The minimum Gasteiger partial charge on any atom is -0.484 e. The van der Waals surface area contributed by atoms with Gasteiger partial charge in [-0.2, -0.15) is 0 Å². The summed E-state index contributed by atoms with van der Waals surface area (Å²) < 4.78 is 5.35. The number of hydrogen-bond acceptors (Lipinski definition) is 3. The van der Waals surface area contributed by atoms with Crippen LogP contribution in [0.4, 0.5) is 0 Å². The molecule has 1 amide bonds. The van der Waals surface area contributed by atoms with Crippen LogP contribution >= 0.6 is 11.6 Å². The van der Waals surface area contributed by atoms with Crippen LogP contribution in [0.2, 0.25) is 5.02 Å². The summed E-state index contributed by atoms with van der Waals surface area (Å²) in [7, 11) is 0. The normalized spacial score (nSPS) is 11.7. The smallest absolute Gasteiger partial charge is 0.258 e. The van der Waals surface area contributed by atoms with Crippen molar-refractivity contribution in [3.05, 3.63) is 65.2 Å². The Kier molecular flexibility index (Phi) is 5.60. The molecule has 0 fully saturated rings. The van der Waals surface area contributed by atoms with Crippen LogP contribution < -0.4 is 10.1 Å². The zero-order valence-corrected chi connectivity index (χ0v) is 12.1. The number of carbonyl (C=O) groups excluding carboxylic acids is 1. The Morgan fingerprint density at radius 2 is 1.81 bits per heavy atom. The van der Waals surface area contributed by atoms with Crippen molar-refractivity contribution in [3.8, 4) is 5.75 Å². The van der Waals surface area contributed by atoms with Crippen molar-refractivity contribution in [2.24, 2.45) is 0 Å². The monoisotopic (exact) mass is 305 g/mol. The van der Waals surface area contributed by atoms with Gasteiger partial charge in [0, 0.05) is 5.02 Å². The molecule has 0 aliphatic carbocycles. The fourth-order valence-corrected chi connectivity index (χ4v) is 1.96. The molecule has 5 heteroatoms. The molecule has 0 radical (unpaired) electrons. The van der Waals surface area contributed by atoms with E-state index in [0.717, 1.165) is 5.56 Å². The van der Waals surface area contributed by atoms with Gasteiger partial charge in [-0.15, -0.1) is 0 Å². The minimum absolute atomic E-state index is 0.120. The maximum Gasteiger partial charge on any atom is 0.258 e. The fraction of sp³-hybridized carbons (Fsp3) is 0.188. The van der Waals surface area contributed by atoms with Crippen molar-refractivity contribution < 1.29 is 14.6 Å². The number of aliphatic hydroxyl groups is 1. The Balaban J connectivity index is 1.87. The van der Waals surface area contributed by atoms with Crippen LogP contribution in [0.5, 0.6) is 5.75 Å². The van der Waals surface area contributed by atoms with Gasteiger partial charge in [-0.25, -0.2) is 0 Å². The van der Waals surface area contributed by atoms with E-state index in [-0.39, 0.29) is 19.1 Å². The third kappa shape index (κ3) is 4.77. The highest BCUT2D eigenvalue weighted by atomic mass is 35.5. The van der Waals surface area contributed by atoms with E-state index in [4.69, 9.17) is 16.3 Å². The zero-order chi connectivity index (χ0) is 15.1. The molecule has 2 aromatic carbocycles. The van der Waals surface area contributed by atoms with Crippen molar-refractivity contribution in [1.82, 2.24) is 5.32 Å². The standard InChI is InChI=1S/C16H16ClNO3/c17-13-6-8-14(9-7-13)21-11-16(20)18-15(10-19)12-4-2-1-3-5-12/h1-9,15,19H,10-11H2,(H,18,20). The van der Waals surface area contributed by atoms with E-state index in [0.29, 0.717) is 10.8 Å². The average molecular weight is 306 g/mol. The van der Waals surface area contributed by atoms with Crippen LogP contribution in [0, 0.1) is 0 Å². The van der Waals surface area contributed by atoms with E-state index >= 15 is 0 Å². The van der Waals surface area contributed by atoms with Gasteiger partial charge >= 0.3 is 0 Å². The Bertz CT molecular complexity index is 572. The summed E-state index contributed by atoms with van der Waals surface area (Å²) in [5, 5.41) is 12.7. The van der Waals surface area contributed by atoms with Gasteiger partial charge in [0.25, 0.3) is 5.91 Å². The molecule has 2 aromatic rings. The first-order chi connectivity index (χ1) is 10.2. The molecule has 4 nitrogen and oxygen atoms in total. The lowest BCUT2D eigenvalue weighted by atomic mass is 10.1. The van der Waals surface area contributed by atoms with E-state index in [1.807, 2.05) is 30.3 Å². The molecule has 21 heavy (non-hydrogen) atoms. The predicted octanol–water partition coefficient (Wildman–Crippen LogP) is 2.57. The number of ether oxygens (including phenoxy) is 1. The minimum atomic E-state index is -0.437. The van der Waals surface area contributed by atoms with Crippen molar-refractivity contribution in [2.45, 2.75) is 6.04 Å². The van der Waals surface area contributed by atoms with E-state index in [2.05, 4.69) is 5.32 Å². The number of carbonyl (C=O) groups is 1. The molecule has 0 bridgehead atoms. The summed E-state index contributed by atoms with van der Waals surface area (Å²) in [4.78, 5) is 11.9. The van der Waals surface area contributed by atoms with Gasteiger partial charge in [0.1, 0.15) is 5.75 Å². The lowest BCUT2D eigenvalue weighted by molar-refractivity contribution is -0.124. The predicted molar refractivity (Wildman–Crippen MR) is 81.4 cm³/mol. The molecule has 0 saturated carbocycles. The molecule has 110 valence electrons. The lowest BCUT2D eigenvalue weighted by Crippen LogP contribution is -2.34. The number of nitrogens with one attached hydrogen (secondary N) is 1. The van der Waals surface area contributed by atoms with E-state index in [1.54, 1.807) is 24.3 Å². The number of amides is 1. The van der Waals surface area contributed by atoms with E-state index in [1.165, 1.54) is 0 Å². The number of hydrogen-bond donors (Lipinski definition) is 2. The van der Waals surface area contributed by atoms with Crippen LogP contribution in [0.25, 0.3) is 0 Å². The summed E-state index contributed by atoms with van der Waals surface area (Å²) in [5.41, 5.74) is 0.847. The molecule has 0 saturated heterocycles. The van der Waals surface area contributed by atoms with Gasteiger partial charge in [0.15, 0.2) is 6.61 Å². The van der Waals surface area contributed by atoms with Crippen LogP contribution in [0.3, 0.4) is 0 Å². The van der Waals surface area contributed by atoms with Crippen molar-refractivity contribution >= 4 is 17.5 Å². The van der Waals surface area contributed by atoms with Gasteiger partial charge in [0.2, 0.25) is 0 Å². The lowest BCUT2D eigenvalue weighted by Gasteiger charge is -2.16. The Hall–Kier alpha value is -2.04. The maximum atomic E-state index is 11.9. The Morgan fingerprint density at radius 3 is 2.43 bits per heavy atom. The fourth-order valence-electron chi connectivity index (χ4n) is 1.84. The second-order valence-electron chi connectivity index (χ2n) is 4.46. The molecule has 2 N–H and O–H groups in total. The number of benzene rings is 2. The molecule has 0 aromatic heterocycles. The third-order valence-electron chi connectivity index (χ3n) is 2.90. The van der Waals surface area contributed by atoms with Gasteiger partial charge in [-0.3, -0.25) is 4.79 Å². The first kappa shape index (κ1) is 15.4. The number of halogens is 1. The molecule has 0 aliphatic rings. The largest absolute Gasteiger partial charge is 0.484 e. The molecule has 2 rings (SSSR count). The number of aliphatic hydroxyl groups excluding tert-OH is 1. The molecule has 1 atom stereocenters. The average Bonchev–Trinajstić information content (AvgIpc) is 2.53. The summed E-state index contributed by atoms with van der Waals surface area (Å²) in [6.07, 6.45) is 0. The van der Waals surface area contributed by atoms with Gasteiger partial charge in [-0.1, -0.05) is 41.9 Å². The molecule has 0 spiro atoms. The van der Waals surface area contributed by atoms with Gasteiger partial charge in [-0.05, 0) is 29.8 Å². The van der Waals surface area contributed by atoms with Crippen molar-refractivity contribution in [2.75, 3.05) is 13.2 Å². The maximum absolute atomic E-state index is 11.9. The highest BCUT2D eigenvalue weighted by Crippen LogP contribution is 2.15. The van der Waals surface area contributed by atoms with Crippen LogP contribution in [-0.2, 0) is 4.79 Å². The van der Waals surface area contributed by atoms with Gasteiger partial charge < -0.3 is 15.2 Å². The Labute approximate surface area is 128 Å². The molecule has 1 unspecified atom stereocenters. The van der Waals surface area contributed by atoms with Crippen LogP contribution in [-0.4, -0.2) is 24.2 Å².